The van der Waals surface area contributed by atoms with Crippen molar-refractivity contribution in [3.05, 3.63) is 28.2 Å². The summed E-state index contributed by atoms with van der Waals surface area (Å²) in [4.78, 5) is 0. The number of aliphatic hydroxyl groups is 1. The van der Waals surface area contributed by atoms with Gasteiger partial charge in [0.25, 0.3) is 0 Å². The van der Waals surface area contributed by atoms with Crippen LogP contribution in [0, 0.1) is 0 Å². The summed E-state index contributed by atoms with van der Waals surface area (Å²) in [5.41, 5.74) is 0.285. The van der Waals surface area contributed by atoms with E-state index in [4.69, 9.17) is 9.47 Å². The molecule has 2 rings (SSSR count). The van der Waals surface area contributed by atoms with Crippen molar-refractivity contribution in [1.82, 2.24) is 0 Å². The Morgan fingerprint density at radius 3 is 2.84 bits per heavy atom. The van der Waals surface area contributed by atoms with Crippen LogP contribution in [0.4, 0.5) is 0 Å². The molecule has 3 nitrogen and oxygen atoms in total. The molecule has 2 unspecified atom stereocenters. The molecule has 0 aliphatic heterocycles. The molecule has 0 saturated heterocycles. The first-order valence-electron chi connectivity index (χ1n) is 6.66. The van der Waals surface area contributed by atoms with Gasteiger partial charge in [0.2, 0.25) is 0 Å². The summed E-state index contributed by atoms with van der Waals surface area (Å²) < 4.78 is 11.7. The van der Waals surface area contributed by atoms with Crippen LogP contribution in [-0.4, -0.2) is 31.0 Å². The third-order valence-electron chi connectivity index (χ3n) is 3.96. The molecular formula is C15H21BrO3. The van der Waals surface area contributed by atoms with Gasteiger partial charge in [0.1, 0.15) is 5.75 Å². The maximum Gasteiger partial charge on any atom is 0.119 e. The number of ether oxygens (including phenoxy) is 2. The molecule has 1 fully saturated rings. The summed E-state index contributed by atoms with van der Waals surface area (Å²) in [7, 11) is 3.34. The average Bonchev–Trinajstić information content (AvgIpc) is 2.41. The van der Waals surface area contributed by atoms with E-state index in [2.05, 4.69) is 15.9 Å². The van der Waals surface area contributed by atoms with Crippen LogP contribution >= 0.6 is 15.9 Å². The Hall–Kier alpha value is -0.580. The molecule has 1 aromatic rings. The molecule has 0 bridgehead atoms. The Bertz CT molecular complexity index is 435. The summed E-state index contributed by atoms with van der Waals surface area (Å²) in [6.45, 7) is 0. The van der Waals surface area contributed by atoms with E-state index in [1.807, 2.05) is 18.2 Å². The minimum Gasteiger partial charge on any atom is -0.497 e. The normalized spacial score (nSPS) is 27.3. The van der Waals surface area contributed by atoms with Crippen LogP contribution in [0.3, 0.4) is 0 Å². The first-order chi connectivity index (χ1) is 9.09. The number of hydrogen-bond acceptors (Lipinski definition) is 3. The fourth-order valence-electron chi connectivity index (χ4n) is 2.87. The molecule has 0 heterocycles. The fourth-order valence-corrected chi connectivity index (χ4v) is 3.26. The first-order valence-corrected chi connectivity index (χ1v) is 7.46. The lowest BCUT2D eigenvalue weighted by molar-refractivity contribution is -0.116. The zero-order valence-electron chi connectivity index (χ0n) is 11.5. The van der Waals surface area contributed by atoms with Crippen molar-refractivity contribution in [2.45, 2.75) is 43.8 Å². The van der Waals surface area contributed by atoms with Gasteiger partial charge in [-0.1, -0.05) is 28.8 Å². The van der Waals surface area contributed by atoms with Gasteiger partial charge in [0.05, 0.1) is 18.8 Å². The quantitative estimate of drug-likeness (QED) is 0.921. The highest BCUT2D eigenvalue weighted by Crippen LogP contribution is 2.35. The number of rotatable bonds is 4. The second-order valence-electron chi connectivity index (χ2n) is 5.21. The molecule has 2 atom stereocenters. The van der Waals surface area contributed by atoms with E-state index in [-0.39, 0.29) is 6.10 Å². The SMILES string of the molecule is COc1ccc(Br)c(CC2(O)CCCCC2OC)c1. The van der Waals surface area contributed by atoms with Gasteiger partial charge in [0, 0.05) is 18.0 Å². The van der Waals surface area contributed by atoms with Crippen molar-refractivity contribution in [3.8, 4) is 5.75 Å². The van der Waals surface area contributed by atoms with Crippen LogP contribution < -0.4 is 4.74 Å². The third-order valence-corrected chi connectivity index (χ3v) is 4.73. The summed E-state index contributed by atoms with van der Waals surface area (Å²) in [5.74, 6) is 0.812. The predicted molar refractivity (Wildman–Crippen MR) is 78.6 cm³/mol. The van der Waals surface area contributed by atoms with Crippen LogP contribution in [0.1, 0.15) is 31.2 Å². The molecule has 1 N–H and O–H groups in total. The molecule has 1 aromatic carbocycles. The van der Waals surface area contributed by atoms with Crippen molar-refractivity contribution in [1.29, 1.82) is 0 Å². The van der Waals surface area contributed by atoms with E-state index in [0.29, 0.717) is 6.42 Å². The Kier molecular flexibility index (Phi) is 4.87. The van der Waals surface area contributed by atoms with Crippen LogP contribution in [0.25, 0.3) is 0 Å². The van der Waals surface area contributed by atoms with Gasteiger partial charge in [0.15, 0.2) is 0 Å². The Labute approximate surface area is 123 Å². The second kappa shape index (κ2) is 6.25. The molecule has 1 aliphatic rings. The molecule has 0 aromatic heterocycles. The van der Waals surface area contributed by atoms with Gasteiger partial charge in [-0.2, -0.15) is 0 Å². The topological polar surface area (TPSA) is 38.7 Å². The smallest absolute Gasteiger partial charge is 0.119 e. The zero-order valence-corrected chi connectivity index (χ0v) is 13.1. The highest BCUT2D eigenvalue weighted by atomic mass is 79.9. The zero-order chi connectivity index (χ0) is 13.9. The molecule has 106 valence electrons. The van der Waals surface area contributed by atoms with E-state index in [9.17, 15) is 5.11 Å². The van der Waals surface area contributed by atoms with Crippen molar-refractivity contribution in [3.63, 3.8) is 0 Å². The highest BCUT2D eigenvalue weighted by molar-refractivity contribution is 9.10. The lowest BCUT2D eigenvalue weighted by atomic mass is 9.78. The number of methoxy groups -OCH3 is 2. The average molecular weight is 329 g/mol. The predicted octanol–water partition coefficient (Wildman–Crippen LogP) is 3.32. The van der Waals surface area contributed by atoms with Gasteiger partial charge in [-0.25, -0.2) is 0 Å². The second-order valence-corrected chi connectivity index (χ2v) is 6.06. The fraction of sp³-hybridized carbons (Fsp3) is 0.600. The highest BCUT2D eigenvalue weighted by Gasteiger charge is 2.39. The minimum absolute atomic E-state index is 0.0839. The summed E-state index contributed by atoms with van der Waals surface area (Å²) >= 11 is 3.54. The molecule has 4 heteroatoms. The summed E-state index contributed by atoms with van der Waals surface area (Å²) in [5, 5.41) is 10.9. The monoisotopic (exact) mass is 328 g/mol. The van der Waals surface area contributed by atoms with E-state index < -0.39 is 5.60 Å². The number of halogens is 1. The van der Waals surface area contributed by atoms with Crippen molar-refractivity contribution in [2.75, 3.05) is 14.2 Å². The lowest BCUT2D eigenvalue weighted by Crippen LogP contribution is -2.47. The molecular weight excluding hydrogens is 308 g/mol. The van der Waals surface area contributed by atoms with Crippen LogP contribution in [0.15, 0.2) is 22.7 Å². The van der Waals surface area contributed by atoms with Gasteiger partial charge < -0.3 is 14.6 Å². The van der Waals surface area contributed by atoms with E-state index >= 15 is 0 Å². The Morgan fingerprint density at radius 1 is 1.37 bits per heavy atom. The lowest BCUT2D eigenvalue weighted by Gasteiger charge is -2.39. The summed E-state index contributed by atoms with van der Waals surface area (Å²) in [6.07, 6.45) is 4.39. The van der Waals surface area contributed by atoms with E-state index in [1.165, 1.54) is 0 Å². The van der Waals surface area contributed by atoms with E-state index in [0.717, 1.165) is 41.5 Å². The van der Waals surface area contributed by atoms with Crippen LogP contribution in [0.5, 0.6) is 5.75 Å². The van der Waals surface area contributed by atoms with Crippen molar-refractivity contribution >= 4 is 15.9 Å². The van der Waals surface area contributed by atoms with Crippen LogP contribution in [0.2, 0.25) is 0 Å². The largest absolute Gasteiger partial charge is 0.497 e. The summed E-state index contributed by atoms with van der Waals surface area (Å²) in [6, 6.07) is 5.85. The van der Waals surface area contributed by atoms with E-state index in [1.54, 1.807) is 14.2 Å². The van der Waals surface area contributed by atoms with Gasteiger partial charge >= 0.3 is 0 Å². The van der Waals surface area contributed by atoms with Gasteiger partial charge in [-0.15, -0.1) is 0 Å². The first kappa shape index (κ1) is 14.8. The van der Waals surface area contributed by atoms with Crippen LogP contribution in [-0.2, 0) is 11.2 Å². The number of benzene rings is 1. The Balaban J connectivity index is 2.23. The Morgan fingerprint density at radius 2 is 2.16 bits per heavy atom. The van der Waals surface area contributed by atoms with Crippen molar-refractivity contribution in [2.24, 2.45) is 0 Å². The maximum absolute atomic E-state index is 10.9. The maximum atomic E-state index is 10.9. The molecule has 1 aliphatic carbocycles. The molecule has 1 saturated carbocycles. The molecule has 19 heavy (non-hydrogen) atoms. The molecule has 0 spiro atoms. The van der Waals surface area contributed by atoms with Gasteiger partial charge in [-0.3, -0.25) is 0 Å². The third kappa shape index (κ3) is 3.30. The van der Waals surface area contributed by atoms with Gasteiger partial charge in [-0.05, 0) is 36.6 Å². The number of hydrogen-bond donors (Lipinski definition) is 1. The standard InChI is InChI=1S/C15H21BrO3/c1-18-12-6-7-13(16)11(9-12)10-15(17)8-4-3-5-14(15)19-2/h6-7,9,14,17H,3-5,8,10H2,1-2H3. The molecule has 0 amide bonds. The van der Waals surface area contributed by atoms with Crippen molar-refractivity contribution < 1.29 is 14.6 Å². The minimum atomic E-state index is -0.776. The molecule has 0 radical (unpaired) electrons.